The van der Waals surface area contributed by atoms with E-state index in [-0.39, 0.29) is 10.6 Å². The van der Waals surface area contributed by atoms with Crippen LogP contribution in [0.15, 0.2) is 121 Å². The fraction of sp³-hybridized carbons (Fsp3) is 0.318. The number of hydrogen-bond donors (Lipinski definition) is 0. The minimum absolute atomic E-state index is 0.0451. The highest BCUT2D eigenvalue weighted by atomic mass is 35.5. The second-order valence-electron chi connectivity index (χ2n) is 15.0. The van der Waals surface area contributed by atoms with Crippen molar-refractivity contribution in [3.05, 3.63) is 142 Å². The molecule has 7 heteroatoms. The first kappa shape index (κ1) is 35.7. The summed E-state index contributed by atoms with van der Waals surface area (Å²) < 4.78 is 13.4. The van der Waals surface area contributed by atoms with E-state index in [0.717, 1.165) is 78.5 Å². The molecule has 0 spiro atoms. The smallest absolute Gasteiger partial charge is 0.261 e. The maximum Gasteiger partial charge on any atom is 0.261 e. The number of unbranched alkanes of at least 4 members (excludes halogenated alkanes) is 1. The van der Waals surface area contributed by atoms with Crippen LogP contribution in [0, 0.1) is 0 Å². The molecule has 0 saturated heterocycles. The summed E-state index contributed by atoms with van der Waals surface area (Å²) in [5.74, 6) is 0.923. The first-order valence-electron chi connectivity index (χ1n) is 18.2. The van der Waals surface area contributed by atoms with Gasteiger partial charge in [-0.3, -0.25) is 9.98 Å². The highest BCUT2D eigenvalue weighted by Gasteiger charge is 2.50. The van der Waals surface area contributed by atoms with Gasteiger partial charge in [-0.05, 0) is 95.7 Å². The molecular formula is C44H46Cl2N2O2Si. The third kappa shape index (κ3) is 7.73. The molecule has 0 N–H and O–H groups in total. The van der Waals surface area contributed by atoms with E-state index in [4.69, 9.17) is 37.4 Å². The number of aryl methyl sites for hydroxylation is 1. The molecular weight excluding hydrogens is 687 g/mol. The van der Waals surface area contributed by atoms with Crippen molar-refractivity contribution >= 4 is 48.1 Å². The zero-order chi connectivity index (χ0) is 35.5. The number of hydrogen-bond acceptors (Lipinski definition) is 4. The number of aromatic nitrogens is 1. The van der Waals surface area contributed by atoms with Crippen molar-refractivity contribution in [2.75, 3.05) is 6.61 Å². The van der Waals surface area contributed by atoms with Gasteiger partial charge in [0.15, 0.2) is 0 Å². The topological polar surface area (TPSA) is 43.7 Å². The lowest BCUT2D eigenvalue weighted by Gasteiger charge is -2.43. The van der Waals surface area contributed by atoms with E-state index < -0.39 is 8.32 Å². The molecule has 0 aliphatic heterocycles. The number of halogens is 2. The lowest BCUT2D eigenvalue weighted by Crippen LogP contribution is -2.66. The average Bonchev–Trinajstić information content (AvgIpc) is 4.09. The molecule has 2 fully saturated rings. The maximum absolute atomic E-state index is 7.10. The highest BCUT2D eigenvalue weighted by Crippen LogP contribution is 2.53. The standard InChI is InChI=1S/C44H46Cl2N2O2Si/c1-43(2,3)51(35-15-6-4-7-16-35,36-17-8-5-9-18-36)49-27-13-12-14-32-28-41(46)33(29-40(32)45)30-48-44(24-25-44)39-31-47-26-23-37(39)38-19-10-11-20-42(38)50-34-21-22-34/h4-11,15-20,23,26,28-31,34H,12-14,21-22,24-25,27H2,1-3H3/b48-30+. The first-order valence-corrected chi connectivity index (χ1v) is 20.9. The van der Waals surface area contributed by atoms with Crippen molar-refractivity contribution in [3.8, 4) is 16.9 Å². The summed E-state index contributed by atoms with van der Waals surface area (Å²) in [4.78, 5) is 9.65. The van der Waals surface area contributed by atoms with Crippen LogP contribution in [0.1, 0.15) is 76.0 Å². The number of aliphatic imine (C=N–C) groups is 1. The Kier molecular flexibility index (Phi) is 10.5. The molecule has 2 aliphatic carbocycles. The Morgan fingerprint density at radius 3 is 2.14 bits per heavy atom. The summed E-state index contributed by atoms with van der Waals surface area (Å²) in [5, 5.41) is 3.93. The maximum atomic E-state index is 7.10. The molecule has 2 aliphatic rings. The van der Waals surface area contributed by atoms with E-state index in [2.05, 4.69) is 111 Å². The number of pyridine rings is 1. The largest absolute Gasteiger partial charge is 0.490 e. The van der Waals surface area contributed by atoms with E-state index in [1.54, 1.807) is 0 Å². The van der Waals surface area contributed by atoms with Crippen LogP contribution < -0.4 is 15.1 Å². The summed E-state index contributed by atoms with van der Waals surface area (Å²) in [6, 6.07) is 36.0. The van der Waals surface area contributed by atoms with Gasteiger partial charge in [0.2, 0.25) is 0 Å². The summed E-state index contributed by atoms with van der Waals surface area (Å²) in [5.41, 5.74) is 4.87. The number of para-hydroxylation sites is 1. The fourth-order valence-electron chi connectivity index (χ4n) is 7.24. The second-order valence-corrected chi connectivity index (χ2v) is 20.1. The minimum atomic E-state index is -2.55. The van der Waals surface area contributed by atoms with Gasteiger partial charge in [0.25, 0.3) is 8.32 Å². The molecule has 4 nitrogen and oxygen atoms in total. The molecule has 51 heavy (non-hydrogen) atoms. The van der Waals surface area contributed by atoms with Gasteiger partial charge in [-0.25, -0.2) is 0 Å². The lowest BCUT2D eigenvalue weighted by atomic mass is 9.95. The minimum Gasteiger partial charge on any atom is -0.490 e. The van der Waals surface area contributed by atoms with E-state index in [1.165, 1.54) is 10.4 Å². The molecule has 1 heterocycles. The molecule has 1 aromatic heterocycles. The van der Waals surface area contributed by atoms with E-state index in [0.29, 0.717) is 22.8 Å². The number of rotatable bonds is 14. The normalized spacial score (nSPS) is 15.6. The molecule has 5 aromatic rings. The molecule has 2 saturated carbocycles. The quantitative estimate of drug-likeness (QED) is 0.0648. The van der Waals surface area contributed by atoms with Gasteiger partial charge in [-0.2, -0.15) is 0 Å². The third-order valence-corrected chi connectivity index (χ3v) is 16.0. The third-order valence-electron chi connectivity index (χ3n) is 10.2. The van der Waals surface area contributed by atoms with Crippen LogP contribution in [-0.4, -0.2) is 32.2 Å². The van der Waals surface area contributed by atoms with Crippen LogP contribution in [-0.2, 0) is 16.4 Å². The fourth-order valence-corrected chi connectivity index (χ4v) is 12.3. The van der Waals surface area contributed by atoms with E-state index in [9.17, 15) is 0 Å². The molecule has 262 valence electrons. The Balaban J connectivity index is 1.03. The van der Waals surface area contributed by atoms with E-state index >= 15 is 0 Å². The van der Waals surface area contributed by atoms with E-state index in [1.807, 2.05) is 36.8 Å². The monoisotopic (exact) mass is 732 g/mol. The zero-order valence-electron chi connectivity index (χ0n) is 29.7. The first-order chi connectivity index (χ1) is 24.7. The Hall–Kier alpha value is -3.74. The summed E-state index contributed by atoms with van der Waals surface area (Å²) in [6.45, 7) is 7.63. The second kappa shape index (κ2) is 15.1. The molecule has 0 atom stereocenters. The van der Waals surface area contributed by atoms with Crippen molar-refractivity contribution in [1.29, 1.82) is 0 Å². The van der Waals surface area contributed by atoms with Crippen LogP contribution in [0.2, 0.25) is 15.1 Å². The number of nitrogens with zero attached hydrogens (tertiary/aromatic N) is 2. The molecule has 0 amide bonds. The highest BCUT2D eigenvalue weighted by molar-refractivity contribution is 6.99. The number of benzene rings is 4. The van der Waals surface area contributed by atoms with Gasteiger partial charge in [0.05, 0.1) is 11.6 Å². The van der Waals surface area contributed by atoms with Crippen LogP contribution in [0.25, 0.3) is 11.1 Å². The number of ether oxygens (including phenoxy) is 1. The van der Waals surface area contributed by atoms with Crippen molar-refractivity contribution in [3.63, 3.8) is 0 Å². The van der Waals surface area contributed by atoms with Gasteiger partial charge >= 0.3 is 0 Å². The van der Waals surface area contributed by atoms with Crippen LogP contribution in [0.3, 0.4) is 0 Å². The van der Waals surface area contributed by atoms with Gasteiger partial charge in [0.1, 0.15) is 5.75 Å². The Labute approximate surface area is 314 Å². The molecule has 0 unspecified atom stereocenters. The van der Waals surface area contributed by atoms with Crippen molar-refractivity contribution in [2.45, 2.75) is 82.4 Å². The zero-order valence-corrected chi connectivity index (χ0v) is 32.3. The molecule has 7 rings (SSSR count). The van der Waals surface area contributed by atoms with Crippen molar-refractivity contribution < 1.29 is 9.16 Å². The van der Waals surface area contributed by atoms with Gasteiger partial charge < -0.3 is 9.16 Å². The molecule has 0 bridgehead atoms. The summed E-state index contributed by atoms with van der Waals surface area (Å²) >= 11 is 13.8. The van der Waals surface area contributed by atoms with Crippen LogP contribution in [0.4, 0.5) is 0 Å². The van der Waals surface area contributed by atoms with Crippen LogP contribution in [0.5, 0.6) is 5.75 Å². The van der Waals surface area contributed by atoms with Crippen molar-refractivity contribution in [2.24, 2.45) is 4.99 Å². The Bertz CT molecular complexity index is 1950. The van der Waals surface area contributed by atoms with Gasteiger partial charge in [-0.1, -0.05) is 123 Å². The average molecular weight is 734 g/mol. The van der Waals surface area contributed by atoms with Gasteiger partial charge in [-0.15, -0.1) is 0 Å². The predicted octanol–water partition coefficient (Wildman–Crippen LogP) is 10.6. The summed E-state index contributed by atoms with van der Waals surface area (Å²) in [7, 11) is -2.55. The van der Waals surface area contributed by atoms with Gasteiger partial charge in [0, 0.05) is 52.0 Å². The lowest BCUT2D eigenvalue weighted by molar-refractivity contribution is 0.288. The molecule has 0 radical (unpaired) electrons. The summed E-state index contributed by atoms with van der Waals surface area (Å²) in [6.07, 6.45) is 12.9. The Morgan fingerprint density at radius 2 is 1.49 bits per heavy atom. The predicted molar refractivity (Wildman–Crippen MR) is 215 cm³/mol. The van der Waals surface area contributed by atoms with Crippen LogP contribution >= 0.6 is 23.2 Å². The Morgan fingerprint density at radius 1 is 0.824 bits per heavy atom. The molecule has 4 aromatic carbocycles. The van der Waals surface area contributed by atoms with Crippen molar-refractivity contribution in [1.82, 2.24) is 4.98 Å². The SMILES string of the molecule is CC(C)(C)[Si](OCCCCc1cc(Cl)c(/C=N/C2(c3cnccc3-c3ccccc3OC3CC3)CC2)cc1Cl)(c1ccccc1)c1ccccc1.